The largest absolute Gasteiger partial charge is 0.318 e. The highest BCUT2D eigenvalue weighted by Gasteiger charge is 2.01. The average molecular weight is 199 g/mol. The van der Waals surface area contributed by atoms with Crippen molar-refractivity contribution >= 4 is 0 Å². The maximum absolute atomic E-state index is 11.7. The van der Waals surface area contributed by atoms with E-state index in [1.165, 1.54) is 5.56 Å². The summed E-state index contributed by atoms with van der Waals surface area (Å²) < 4.78 is 1.61. The Kier molecular flexibility index (Phi) is 2.68. The molecule has 0 aliphatic heterocycles. The molecule has 15 heavy (non-hydrogen) atoms. The lowest BCUT2D eigenvalue weighted by Gasteiger charge is -2.02. The number of aromatic nitrogens is 1. The monoisotopic (exact) mass is 199 g/mol. The zero-order valence-corrected chi connectivity index (χ0v) is 8.68. The Bertz CT molecular complexity index is 499. The first-order valence-electron chi connectivity index (χ1n) is 4.96. The summed E-state index contributed by atoms with van der Waals surface area (Å²) in [6.07, 6.45) is 2.48. The van der Waals surface area contributed by atoms with Crippen LogP contribution < -0.4 is 5.56 Å². The van der Waals surface area contributed by atoms with E-state index in [0.29, 0.717) is 6.42 Å². The molecule has 0 atom stereocenters. The first-order chi connectivity index (χ1) is 7.27. The van der Waals surface area contributed by atoms with Crippen molar-refractivity contribution in [1.82, 2.24) is 4.57 Å². The molecule has 2 heteroatoms. The van der Waals surface area contributed by atoms with Gasteiger partial charge in [-0.3, -0.25) is 4.79 Å². The number of aryl methyl sites for hydroxylation is 1. The SMILES string of the molecule is Cn1cccc(Cc2ccccc2)c1=O. The van der Waals surface area contributed by atoms with Crippen molar-refractivity contribution in [2.24, 2.45) is 7.05 Å². The molecule has 0 bridgehead atoms. The summed E-state index contributed by atoms with van der Waals surface area (Å²) in [7, 11) is 1.77. The third kappa shape index (κ3) is 2.15. The minimum atomic E-state index is 0.0846. The highest BCUT2D eigenvalue weighted by Crippen LogP contribution is 2.04. The van der Waals surface area contributed by atoms with Gasteiger partial charge in [0.2, 0.25) is 0 Å². The number of rotatable bonds is 2. The minimum absolute atomic E-state index is 0.0846. The van der Waals surface area contributed by atoms with E-state index in [2.05, 4.69) is 0 Å². The first-order valence-corrected chi connectivity index (χ1v) is 4.96. The molecule has 0 saturated carbocycles. The molecule has 0 saturated heterocycles. The van der Waals surface area contributed by atoms with Crippen LogP contribution in [0.4, 0.5) is 0 Å². The Morgan fingerprint density at radius 1 is 1.07 bits per heavy atom. The highest BCUT2D eigenvalue weighted by molar-refractivity contribution is 5.23. The molecule has 0 amide bonds. The second-order valence-corrected chi connectivity index (χ2v) is 3.61. The summed E-state index contributed by atoms with van der Waals surface area (Å²) >= 11 is 0. The Labute approximate surface area is 88.8 Å². The maximum Gasteiger partial charge on any atom is 0.253 e. The van der Waals surface area contributed by atoms with Gasteiger partial charge in [0.05, 0.1) is 0 Å². The second-order valence-electron chi connectivity index (χ2n) is 3.61. The summed E-state index contributed by atoms with van der Waals surface area (Å²) in [4.78, 5) is 11.7. The molecule has 0 aliphatic carbocycles. The maximum atomic E-state index is 11.7. The average Bonchev–Trinajstić information content (AvgIpc) is 2.26. The molecule has 0 aliphatic rings. The van der Waals surface area contributed by atoms with Gasteiger partial charge in [0.15, 0.2) is 0 Å². The van der Waals surface area contributed by atoms with Crippen LogP contribution in [-0.4, -0.2) is 4.57 Å². The fraction of sp³-hybridized carbons (Fsp3) is 0.154. The molecule has 1 aromatic heterocycles. The zero-order chi connectivity index (χ0) is 10.7. The summed E-state index contributed by atoms with van der Waals surface area (Å²) in [6.45, 7) is 0. The summed E-state index contributed by atoms with van der Waals surface area (Å²) in [6, 6.07) is 13.8. The van der Waals surface area contributed by atoms with Crippen LogP contribution in [0.3, 0.4) is 0 Å². The van der Waals surface area contributed by atoms with Crippen molar-refractivity contribution in [3.8, 4) is 0 Å². The Morgan fingerprint density at radius 2 is 1.80 bits per heavy atom. The first kappa shape index (κ1) is 9.71. The zero-order valence-electron chi connectivity index (χ0n) is 8.68. The van der Waals surface area contributed by atoms with Gasteiger partial charge in [0, 0.05) is 25.2 Å². The molecule has 0 radical (unpaired) electrons. The predicted octanol–water partition coefficient (Wildman–Crippen LogP) is 1.98. The molecule has 2 rings (SSSR count). The lowest BCUT2D eigenvalue weighted by Crippen LogP contribution is -2.19. The lowest BCUT2D eigenvalue weighted by molar-refractivity contribution is 0.839. The molecule has 1 aromatic carbocycles. The fourth-order valence-corrected chi connectivity index (χ4v) is 1.60. The van der Waals surface area contributed by atoms with Gasteiger partial charge in [-0.1, -0.05) is 36.4 Å². The van der Waals surface area contributed by atoms with Crippen LogP contribution in [-0.2, 0) is 13.5 Å². The minimum Gasteiger partial charge on any atom is -0.318 e. The molecule has 76 valence electrons. The molecule has 0 unspecified atom stereocenters. The quantitative estimate of drug-likeness (QED) is 0.724. The van der Waals surface area contributed by atoms with E-state index in [9.17, 15) is 4.79 Å². The molecule has 2 aromatic rings. The van der Waals surface area contributed by atoms with Gasteiger partial charge in [-0.15, -0.1) is 0 Å². The van der Waals surface area contributed by atoms with E-state index >= 15 is 0 Å². The Balaban J connectivity index is 2.33. The normalized spacial score (nSPS) is 10.2. The van der Waals surface area contributed by atoms with E-state index in [1.807, 2.05) is 42.5 Å². The third-order valence-corrected chi connectivity index (χ3v) is 2.44. The van der Waals surface area contributed by atoms with Crippen molar-refractivity contribution < 1.29 is 0 Å². The van der Waals surface area contributed by atoms with Crippen molar-refractivity contribution in [1.29, 1.82) is 0 Å². The number of pyridine rings is 1. The Morgan fingerprint density at radius 3 is 2.53 bits per heavy atom. The molecule has 1 heterocycles. The van der Waals surface area contributed by atoms with Crippen LogP contribution in [0.25, 0.3) is 0 Å². The van der Waals surface area contributed by atoms with Gasteiger partial charge < -0.3 is 4.57 Å². The van der Waals surface area contributed by atoms with E-state index in [4.69, 9.17) is 0 Å². The van der Waals surface area contributed by atoms with E-state index < -0.39 is 0 Å². The van der Waals surface area contributed by atoms with Gasteiger partial charge in [0.1, 0.15) is 0 Å². The van der Waals surface area contributed by atoms with Gasteiger partial charge >= 0.3 is 0 Å². The van der Waals surface area contributed by atoms with Crippen molar-refractivity contribution in [3.63, 3.8) is 0 Å². The van der Waals surface area contributed by atoms with E-state index in [-0.39, 0.29) is 5.56 Å². The number of hydrogen-bond donors (Lipinski definition) is 0. The fourth-order valence-electron chi connectivity index (χ4n) is 1.60. The van der Waals surface area contributed by atoms with Crippen LogP contribution in [0.15, 0.2) is 53.5 Å². The standard InChI is InChI=1S/C13H13NO/c1-14-9-5-8-12(13(14)15)10-11-6-3-2-4-7-11/h2-9H,10H2,1H3. The topological polar surface area (TPSA) is 22.0 Å². The van der Waals surface area contributed by atoms with E-state index in [1.54, 1.807) is 17.8 Å². The summed E-state index contributed by atoms with van der Waals surface area (Å²) in [5.74, 6) is 0. The van der Waals surface area contributed by atoms with E-state index in [0.717, 1.165) is 5.56 Å². The van der Waals surface area contributed by atoms with Gasteiger partial charge in [-0.25, -0.2) is 0 Å². The smallest absolute Gasteiger partial charge is 0.253 e. The molecule has 0 fully saturated rings. The van der Waals surface area contributed by atoms with Crippen LogP contribution in [0.2, 0.25) is 0 Å². The van der Waals surface area contributed by atoms with Crippen molar-refractivity contribution in [2.75, 3.05) is 0 Å². The van der Waals surface area contributed by atoms with Crippen LogP contribution >= 0.6 is 0 Å². The predicted molar refractivity (Wildman–Crippen MR) is 60.9 cm³/mol. The van der Waals surface area contributed by atoms with Crippen molar-refractivity contribution in [2.45, 2.75) is 6.42 Å². The molecular formula is C13H13NO. The van der Waals surface area contributed by atoms with Gasteiger partial charge in [-0.05, 0) is 11.6 Å². The second kappa shape index (κ2) is 4.13. The Hall–Kier alpha value is -1.83. The summed E-state index contributed by atoms with van der Waals surface area (Å²) in [5, 5.41) is 0. The summed E-state index contributed by atoms with van der Waals surface area (Å²) in [5.41, 5.74) is 2.09. The van der Waals surface area contributed by atoms with Crippen LogP contribution in [0.5, 0.6) is 0 Å². The number of hydrogen-bond acceptors (Lipinski definition) is 1. The van der Waals surface area contributed by atoms with Crippen LogP contribution in [0, 0.1) is 0 Å². The third-order valence-electron chi connectivity index (χ3n) is 2.44. The molecule has 0 spiro atoms. The molecule has 2 nitrogen and oxygen atoms in total. The van der Waals surface area contributed by atoms with Gasteiger partial charge in [-0.2, -0.15) is 0 Å². The molecule has 0 N–H and O–H groups in total. The number of benzene rings is 1. The van der Waals surface area contributed by atoms with Crippen LogP contribution in [0.1, 0.15) is 11.1 Å². The molecular weight excluding hydrogens is 186 g/mol. The lowest BCUT2D eigenvalue weighted by atomic mass is 10.1. The number of nitrogens with zero attached hydrogens (tertiary/aromatic N) is 1. The van der Waals surface area contributed by atoms with Gasteiger partial charge in [0.25, 0.3) is 5.56 Å². The van der Waals surface area contributed by atoms with Crippen molar-refractivity contribution in [3.05, 3.63) is 70.1 Å². The highest BCUT2D eigenvalue weighted by atomic mass is 16.1.